The highest BCUT2D eigenvalue weighted by molar-refractivity contribution is 9.13. The van der Waals surface area contributed by atoms with E-state index < -0.39 is 0 Å². The third-order valence-electron chi connectivity index (χ3n) is 3.09. The number of halogens is 4. The smallest absolute Gasteiger partial charge is 0.0934 e. The molecule has 0 saturated heterocycles. The Morgan fingerprint density at radius 1 is 1.00 bits per heavy atom. The number of thiophene rings is 1. The summed E-state index contributed by atoms with van der Waals surface area (Å²) in [5.74, 6) is 0. The molecule has 0 aliphatic rings. The van der Waals surface area contributed by atoms with E-state index in [0.717, 1.165) is 34.5 Å². The lowest BCUT2D eigenvalue weighted by atomic mass is 10.0. The number of hydrogen-bond donors (Lipinski definition) is 0. The van der Waals surface area contributed by atoms with Crippen molar-refractivity contribution in [3.63, 3.8) is 0 Å². The molecule has 0 amide bonds. The first-order valence-electron chi connectivity index (χ1n) is 5.84. The molecule has 5 heteroatoms. The molecule has 1 unspecified atom stereocenters. The Balaban J connectivity index is 2.17. The molecule has 102 valence electrons. The lowest BCUT2D eigenvalue weighted by Crippen LogP contribution is -1.92. The van der Waals surface area contributed by atoms with Gasteiger partial charge in [-0.05, 0) is 54.9 Å². The fourth-order valence-electron chi connectivity index (χ4n) is 2.15. The molecule has 1 aromatic heterocycles. The van der Waals surface area contributed by atoms with Crippen molar-refractivity contribution in [3.05, 3.63) is 66.2 Å². The van der Waals surface area contributed by atoms with Gasteiger partial charge < -0.3 is 0 Å². The average molecular weight is 451 g/mol. The van der Waals surface area contributed by atoms with Crippen molar-refractivity contribution in [2.45, 2.75) is 5.38 Å². The van der Waals surface area contributed by atoms with Crippen LogP contribution in [0.1, 0.15) is 15.8 Å². The number of hydrogen-bond acceptors (Lipinski definition) is 1. The first kappa shape index (κ1) is 14.9. The Morgan fingerprint density at radius 2 is 1.70 bits per heavy atom. The molecule has 0 bridgehead atoms. The van der Waals surface area contributed by atoms with Crippen LogP contribution in [0.5, 0.6) is 0 Å². The van der Waals surface area contributed by atoms with Crippen molar-refractivity contribution in [1.29, 1.82) is 0 Å². The summed E-state index contributed by atoms with van der Waals surface area (Å²) in [4.78, 5) is 1.10. The standard InChI is InChI=1S/C15H8Br2Cl2S/c16-11-7-13(20-15(11)17)14(19)10-5-6-12(18)9-4-2-1-3-8(9)10/h1-7,14H. The van der Waals surface area contributed by atoms with E-state index in [4.69, 9.17) is 23.2 Å². The number of fused-ring (bicyclic) bond motifs is 1. The molecule has 0 aliphatic heterocycles. The van der Waals surface area contributed by atoms with Crippen molar-refractivity contribution in [2.75, 3.05) is 0 Å². The summed E-state index contributed by atoms with van der Waals surface area (Å²) < 4.78 is 2.08. The molecule has 0 N–H and O–H groups in total. The molecule has 0 aliphatic carbocycles. The number of alkyl halides is 1. The Morgan fingerprint density at radius 3 is 2.35 bits per heavy atom. The topological polar surface area (TPSA) is 0 Å². The fraction of sp³-hybridized carbons (Fsp3) is 0.0667. The first-order valence-corrected chi connectivity index (χ1v) is 9.05. The first-order chi connectivity index (χ1) is 9.58. The van der Waals surface area contributed by atoms with Gasteiger partial charge in [0.05, 0.1) is 9.16 Å². The van der Waals surface area contributed by atoms with Crippen LogP contribution in [0.2, 0.25) is 5.02 Å². The van der Waals surface area contributed by atoms with Crippen LogP contribution in [0.25, 0.3) is 10.8 Å². The summed E-state index contributed by atoms with van der Waals surface area (Å²) >= 11 is 21.6. The third-order valence-corrected chi connectivity index (χ3v) is 7.34. The van der Waals surface area contributed by atoms with Crippen LogP contribution in [0, 0.1) is 0 Å². The average Bonchev–Trinajstić information content (AvgIpc) is 2.79. The molecular weight excluding hydrogens is 443 g/mol. The molecule has 1 atom stereocenters. The minimum Gasteiger partial charge on any atom is -0.130 e. The van der Waals surface area contributed by atoms with Crippen LogP contribution in [-0.4, -0.2) is 0 Å². The summed E-state index contributed by atoms with van der Waals surface area (Å²) in [7, 11) is 0. The quantitative estimate of drug-likeness (QED) is 0.356. The summed E-state index contributed by atoms with van der Waals surface area (Å²) in [5.41, 5.74) is 1.08. The normalized spacial score (nSPS) is 12.8. The van der Waals surface area contributed by atoms with Crippen LogP contribution < -0.4 is 0 Å². The van der Waals surface area contributed by atoms with Gasteiger partial charge in [0.2, 0.25) is 0 Å². The van der Waals surface area contributed by atoms with Crippen molar-refractivity contribution >= 4 is 77.2 Å². The highest BCUT2D eigenvalue weighted by atomic mass is 79.9. The van der Waals surface area contributed by atoms with E-state index in [1.807, 2.05) is 30.3 Å². The molecule has 0 spiro atoms. The Hall–Kier alpha value is -0.0600. The molecule has 0 fully saturated rings. The summed E-state index contributed by atoms with van der Waals surface area (Å²) in [5, 5.41) is 2.69. The van der Waals surface area contributed by atoms with Gasteiger partial charge in [-0.2, -0.15) is 0 Å². The Bertz CT molecular complexity index is 763. The van der Waals surface area contributed by atoms with Gasteiger partial charge in [0.1, 0.15) is 0 Å². The van der Waals surface area contributed by atoms with Gasteiger partial charge in [-0.3, -0.25) is 0 Å². The van der Waals surface area contributed by atoms with Crippen molar-refractivity contribution in [3.8, 4) is 0 Å². The van der Waals surface area contributed by atoms with E-state index in [-0.39, 0.29) is 5.38 Å². The predicted octanol–water partition coefficient (Wildman–Crippen LogP) is 7.41. The molecule has 20 heavy (non-hydrogen) atoms. The van der Waals surface area contributed by atoms with Gasteiger partial charge in [0.25, 0.3) is 0 Å². The number of rotatable bonds is 2. The van der Waals surface area contributed by atoms with Gasteiger partial charge in [-0.15, -0.1) is 22.9 Å². The second-order valence-electron chi connectivity index (χ2n) is 4.32. The Kier molecular flexibility index (Phi) is 4.44. The van der Waals surface area contributed by atoms with Crippen LogP contribution >= 0.6 is 66.4 Å². The number of benzene rings is 2. The van der Waals surface area contributed by atoms with E-state index in [9.17, 15) is 0 Å². The molecule has 2 aromatic carbocycles. The molecule has 3 rings (SSSR count). The van der Waals surface area contributed by atoms with Crippen molar-refractivity contribution in [1.82, 2.24) is 0 Å². The zero-order chi connectivity index (χ0) is 14.3. The highest BCUT2D eigenvalue weighted by Gasteiger charge is 2.18. The largest absolute Gasteiger partial charge is 0.130 e. The van der Waals surface area contributed by atoms with E-state index in [1.54, 1.807) is 11.3 Å². The van der Waals surface area contributed by atoms with Gasteiger partial charge in [0.15, 0.2) is 0 Å². The summed E-state index contributed by atoms with van der Waals surface area (Å²) in [6.45, 7) is 0. The maximum absolute atomic E-state index is 6.67. The second kappa shape index (κ2) is 5.98. The van der Waals surface area contributed by atoms with Crippen molar-refractivity contribution < 1.29 is 0 Å². The van der Waals surface area contributed by atoms with Crippen LogP contribution in [0.15, 0.2) is 50.7 Å². The van der Waals surface area contributed by atoms with Gasteiger partial charge in [-0.1, -0.05) is 41.9 Å². The van der Waals surface area contributed by atoms with Gasteiger partial charge >= 0.3 is 0 Å². The molecule has 0 radical (unpaired) electrons. The zero-order valence-corrected chi connectivity index (χ0v) is 15.5. The molecule has 1 heterocycles. The SMILES string of the molecule is Clc1ccc(C(Cl)c2cc(Br)c(Br)s2)c2ccccc12. The van der Waals surface area contributed by atoms with Gasteiger partial charge in [0, 0.05) is 19.8 Å². The summed E-state index contributed by atoms with van der Waals surface area (Å²) in [6.07, 6.45) is 0. The van der Waals surface area contributed by atoms with Crippen LogP contribution in [-0.2, 0) is 0 Å². The molecule has 0 nitrogen and oxygen atoms in total. The lowest BCUT2D eigenvalue weighted by Gasteiger charge is -2.12. The lowest BCUT2D eigenvalue weighted by molar-refractivity contribution is 1.21. The summed E-state index contributed by atoms with van der Waals surface area (Å²) in [6, 6.07) is 14.0. The molecular formula is C15H8Br2Cl2S. The van der Waals surface area contributed by atoms with Crippen LogP contribution in [0.3, 0.4) is 0 Å². The minimum atomic E-state index is -0.190. The Labute approximate surface area is 148 Å². The highest BCUT2D eigenvalue weighted by Crippen LogP contribution is 2.42. The van der Waals surface area contributed by atoms with Crippen molar-refractivity contribution in [2.24, 2.45) is 0 Å². The second-order valence-corrected chi connectivity index (χ2v) is 8.41. The van der Waals surface area contributed by atoms with E-state index >= 15 is 0 Å². The van der Waals surface area contributed by atoms with E-state index in [2.05, 4.69) is 44.0 Å². The van der Waals surface area contributed by atoms with E-state index in [0.29, 0.717) is 0 Å². The molecule has 3 aromatic rings. The van der Waals surface area contributed by atoms with Gasteiger partial charge in [-0.25, -0.2) is 0 Å². The van der Waals surface area contributed by atoms with E-state index in [1.165, 1.54) is 0 Å². The molecule has 0 saturated carbocycles. The third kappa shape index (κ3) is 2.67. The maximum Gasteiger partial charge on any atom is 0.0934 e. The minimum absolute atomic E-state index is 0.190. The predicted molar refractivity (Wildman–Crippen MR) is 96.4 cm³/mol. The van der Waals surface area contributed by atoms with Crippen LogP contribution in [0.4, 0.5) is 0 Å². The monoisotopic (exact) mass is 448 g/mol. The maximum atomic E-state index is 6.67. The zero-order valence-electron chi connectivity index (χ0n) is 10.0. The fourth-order valence-corrected chi connectivity index (χ4v) is 4.85.